The molecular weight excluding hydrogens is 369 g/mol. The minimum Gasteiger partial charge on any atom is -0.439 e. The van der Waals surface area contributed by atoms with Crippen LogP contribution in [-0.4, -0.2) is 33.9 Å². The van der Waals surface area contributed by atoms with Crippen LogP contribution >= 0.6 is 0 Å². The minimum absolute atomic E-state index is 0.0214. The van der Waals surface area contributed by atoms with Gasteiger partial charge in [0.15, 0.2) is 5.82 Å². The van der Waals surface area contributed by atoms with E-state index < -0.39 is 0 Å². The van der Waals surface area contributed by atoms with Crippen molar-refractivity contribution in [3.05, 3.63) is 72.2 Å². The fourth-order valence-corrected chi connectivity index (χ4v) is 2.86. The second-order valence-electron chi connectivity index (χ2n) is 6.59. The molecule has 3 rings (SSSR count). The van der Waals surface area contributed by atoms with Crippen molar-refractivity contribution in [3.63, 3.8) is 0 Å². The zero-order chi connectivity index (χ0) is 20.6. The van der Waals surface area contributed by atoms with Crippen LogP contribution in [0.3, 0.4) is 0 Å². The van der Waals surface area contributed by atoms with E-state index in [9.17, 15) is 9.18 Å². The molecule has 0 aliphatic carbocycles. The van der Waals surface area contributed by atoms with Crippen molar-refractivity contribution in [3.8, 4) is 23.0 Å². The molecule has 3 aromatic rings. The van der Waals surface area contributed by atoms with Crippen LogP contribution < -0.4 is 4.74 Å². The van der Waals surface area contributed by atoms with Crippen LogP contribution in [0.25, 0.3) is 11.4 Å². The van der Waals surface area contributed by atoms with Crippen LogP contribution in [0, 0.1) is 5.82 Å². The molecule has 0 bridgehead atoms. The van der Waals surface area contributed by atoms with Crippen molar-refractivity contribution in [2.24, 2.45) is 0 Å². The van der Waals surface area contributed by atoms with Gasteiger partial charge in [-0.25, -0.2) is 9.37 Å². The summed E-state index contributed by atoms with van der Waals surface area (Å²) in [5.41, 5.74) is 1.33. The molecule has 0 radical (unpaired) electrons. The highest BCUT2D eigenvalue weighted by atomic mass is 19.1. The third-order valence-corrected chi connectivity index (χ3v) is 4.51. The standard InChI is InChI=1S/C23H24FN3O2/c1-3-5-16-27(4-2)23(28)18-8-12-20(13-9-18)29-21-14-15-25-22(26-21)17-6-10-19(24)11-7-17/h6-15H,3-5,16H2,1-2H3. The van der Waals surface area contributed by atoms with Crippen LogP contribution in [0.15, 0.2) is 60.8 Å². The molecule has 0 N–H and O–H groups in total. The average molecular weight is 393 g/mol. The van der Waals surface area contributed by atoms with Crippen molar-refractivity contribution in [1.82, 2.24) is 14.9 Å². The summed E-state index contributed by atoms with van der Waals surface area (Å²) in [4.78, 5) is 23.0. The third kappa shape index (κ3) is 5.38. The van der Waals surface area contributed by atoms with E-state index in [0.29, 0.717) is 35.1 Å². The first-order valence-corrected chi connectivity index (χ1v) is 9.77. The number of carbonyl (C=O) groups excluding carboxylic acids is 1. The van der Waals surface area contributed by atoms with Gasteiger partial charge in [-0.2, -0.15) is 4.98 Å². The number of aromatic nitrogens is 2. The van der Waals surface area contributed by atoms with Gasteiger partial charge in [0.05, 0.1) is 0 Å². The molecule has 1 aromatic heterocycles. The quantitative estimate of drug-likeness (QED) is 0.519. The van der Waals surface area contributed by atoms with Gasteiger partial charge in [0.25, 0.3) is 5.91 Å². The molecule has 0 atom stereocenters. The smallest absolute Gasteiger partial charge is 0.253 e. The maximum atomic E-state index is 13.1. The van der Waals surface area contributed by atoms with E-state index in [2.05, 4.69) is 16.9 Å². The molecule has 6 heteroatoms. The number of amides is 1. The maximum absolute atomic E-state index is 13.1. The van der Waals surface area contributed by atoms with Crippen LogP contribution in [0.2, 0.25) is 0 Å². The molecule has 0 aliphatic rings. The van der Waals surface area contributed by atoms with Gasteiger partial charge in [0.2, 0.25) is 5.88 Å². The topological polar surface area (TPSA) is 55.3 Å². The molecule has 29 heavy (non-hydrogen) atoms. The highest BCUT2D eigenvalue weighted by molar-refractivity contribution is 5.94. The van der Waals surface area contributed by atoms with Crippen molar-refractivity contribution in [2.75, 3.05) is 13.1 Å². The van der Waals surface area contributed by atoms with E-state index in [-0.39, 0.29) is 11.7 Å². The zero-order valence-corrected chi connectivity index (χ0v) is 16.6. The molecular formula is C23H24FN3O2. The predicted octanol–water partition coefficient (Wildman–Crippen LogP) is 5.34. The molecule has 0 unspecified atom stereocenters. The van der Waals surface area contributed by atoms with Crippen LogP contribution in [0.4, 0.5) is 4.39 Å². The van der Waals surface area contributed by atoms with Gasteiger partial charge in [-0.15, -0.1) is 0 Å². The maximum Gasteiger partial charge on any atom is 0.253 e. The van der Waals surface area contributed by atoms with E-state index >= 15 is 0 Å². The molecule has 1 heterocycles. The molecule has 0 fully saturated rings. The summed E-state index contributed by atoms with van der Waals surface area (Å²) in [5, 5.41) is 0. The SMILES string of the molecule is CCCCN(CC)C(=O)c1ccc(Oc2ccnc(-c3ccc(F)cc3)n2)cc1. The zero-order valence-electron chi connectivity index (χ0n) is 16.6. The number of hydrogen-bond acceptors (Lipinski definition) is 4. The minimum atomic E-state index is -0.313. The fraction of sp³-hybridized carbons (Fsp3) is 0.261. The highest BCUT2D eigenvalue weighted by Gasteiger charge is 2.14. The first kappa shape index (κ1) is 20.5. The normalized spacial score (nSPS) is 10.6. The van der Waals surface area contributed by atoms with Gasteiger partial charge < -0.3 is 9.64 Å². The summed E-state index contributed by atoms with van der Waals surface area (Å²) < 4.78 is 18.9. The molecule has 5 nitrogen and oxygen atoms in total. The average Bonchev–Trinajstić information content (AvgIpc) is 2.75. The van der Waals surface area contributed by atoms with Gasteiger partial charge in [0, 0.05) is 36.5 Å². The highest BCUT2D eigenvalue weighted by Crippen LogP contribution is 2.23. The molecule has 0 aliphatic heterocycles. The lowest BCUT2D eigenvalue weighted by Crippen LogP contribution is -2.31. The van der Waals surface area contributed by atoms with E-state index in [4.69, 9.17) is 4.74 Å². The molecule has 1 amide bonds. The summed E-state index contributed by atoms with van der Waals surface area (Å²) in [6.45, 7) is 5.54. The van der Waals surface area contributed by atoms with Gasteiger partial charge in [-0.3, -0.25) is 4.79 Å². The lowest BCUT2D eigenvalue weighted by molar-refractivity contribution is 0.0762. The summed E-state index contributed by atoms with van der Waals surface area (Å²) in [7, 11) is 0. The Hall–Kier alpha value is -3.28. The van der Waals surface area contributed by atoms with Gasteiger partial charge in [-0.05, 0) is 61.9 Å². The van der Waals surface area contributed by atoms with Crippen molar-refractivity contribution in [2.45, 2.75) is 26.7 Å². The first-order chi connectivity index (χ1) is 14.1. The van der Waals surface area contributed by atoms with E-state index in [1.54, 1.807) is 48.7 Å². The molecule has 0 spiro atoms. The Kier molecular flexibility index (Phi) is 6.89. The van der Waals surface area contributed by atoms with Crippen LogP contribution in [-0.2, 0) is 0 Å². The van der Waals surface area contributed by atoms with Crippen molar-refractivity contribution < 1.29 is 13.9 Å². The number of carbonyl (C=O) groups is 1. The number of benzene rings is 2. The van der Waals surface area contributed by atoms with E-state index in [1.807, 2.05) is 11.8 Å². The second kappa shape index (κ2) is 9.78. The Balaban J connectivity index is 1.70. The fourth-order valence-electron chi connectivity index (χ4n) is 2.86. The number of unbranched alkanes of at least 4 members (excludes halogenated alkanes) is 1. The number of rotatable bonds is 8. The number of halogens is 1. The van der Waals surface area contributed by atoms with Crippen LogP contribution in [0.1, 0.15) is 37.0 Å². The van der Waals surface area contributed by atoms with E-state index in [0.717, 1.165) is 19.4 Å². The number of ether oxygens (including phenoxy) is 1. The lowest BCUT2D eigenvalue weighted by Gasteiger charge is -2.20. The second-order valence-corrected chi connectivity index (χ2v) is 6.59. The number of hydrogen-bond donors (Lipinski definition) is 0. The van der Waals surface area contributed by atoms with Crippen molar-refractivity contribution in [1.29, 1.82) is 0 Å². The summed E-state index contributed by atoms with van der Waals surface area (Å²) >= 11 is 0. The van der Waals surface area contributed by atoms with E-state index in [1.165, 1.54) is 12.1 Å². The molecule has 150 valence electrons. The van der Waals surface area contributed by atoms with Gasteiger partial charge in [0.1, 0.15) is 11.6 Å². The Morgan fingerprint density at radius 3 is 2.41 bits per heavy atom. The molecule has 0 saturated carbocycles. The third-order valence-electron chi connectivity index (χ3n) is 4.51. The Bertz CT molecular complexity index is 943. The Morgan fingerprint density at radius 2 is 1.76 bits per heavy atom. The molecule has 2 aromatic carbocycles. The molecule has 0 saturated heterocycles. The summed E-state index contributed by atoms with van der Waals surface area (Å²) in [5.74, 6) is 1.10. The largest absolute Gasteiger partial charge is 0.439 e. The monoisotopic (exact) mass is 393 g/mol. The van der Waals surface area contributed by atoms with Gasteiger partial charge in [-0.1, -0.05) is 13.3 Å². The number of nitrogens with zero attached hydrogens (tertiary/aromatic N) is 3. The van der Waals surface area contributed by atoms with Gasteiger partial charge >= 0.3 is 0 Å². The van der Waals surface area contributed by atoms with Crippen molar-refractivity contribution >= 4 is 5.91 Å². The summed E-state index contributed by atoms with van der Waals surface area (Å²) in [6.07, 6.45) is 3.63. The Morgan fingerprint density at radius 1 is 1.03 bits per heavy atom. The predicted molar refractivity (Wildman–Crippen MR) is 110 cm³/mol. The Labute approximate surface area is 170 Å². The van der Waals surface area contributed by atoms with Crippen LogP contribution in [0.5, 0.6) is 11.6 Å². The first-order valence-electron chi connectivity index (χ1n) is 9.77. The lowest BCUT2D eigenvalue weighted by atomic mass is 10.2. The summed E-state index contributed by atoms with van der Waals surface area (Å²) in [6, 6.07) is 14.6.